The molecule has 1 nitrogen and oxygen atoms in total. The molecular weight excluding hydrogens is 273 g/mol. The van der Waals surface area contributed by atoms with Crippen LogP contribution < -0.4 is 5.32 Å². The highest BCUT2D eigenvalue weighted by Gasteiger charge is 1.98. The van der Waals surface area contributed by atoms with E-state index in [9.17, 15) is 0 Å². The van der Waals surface area contributed by atoms with Crippen molar-refractivity contribution in [1.82, 2.24) is 5.32 Å². The van der Waals surface area contributed by atoms with Crippen molar-refractivity contribution >= 4 is 35.3 Å². The van der Waals surface area contributed by atoms with E-state index in [-0.39, 0.29) is 12.4 Å². The van der Waals surface area contributed by atoms with Crippen molar-refractivity contribution in [2.45, 2.75) is 13.0 Å². The van der Waals surface area contributed by atoms with Crippen LogP contribution >= 0.6 is 35.3 Å². The standard InChI is InChI=1S/C13H14ClNS.ClH/c14-13-4-2-1-3-12(13)5-7-15-9-11-6-8-16-10-11;/h1-4,6,8,10,15H,5,7,9H2;1H. The second kappa shape index (κ2) is 7.72. The minimum absolute atomic E-state index is 0. The van der Waals surface area contributed by atoms with Crippen LogP contribution in [0.1, 0.15) is 11.1 Å². The van der Waals surface area contributed by atoms with Crippen molar-refractivity contribution in [1.29, 1.82) is 0 Å². The lowest BCUT2D eigenvalue weighted by Gasteiger charge is -2.05. The monoisotopic (exact) mass is 287 g/mol. The SMILES string of the molecule is Cl.Clc1ccccc1CCNCc1ccsc1. The molecular formula is C13H15Cl2NS. The Morgan fingerprint density at radius 2 is 2.00 bits per heavy atom. The van der Waals surface area contributed by atoms with Crippen LogP contribution in [0.3, 0.4) is 0 Å². The summed E-state index contributed by atoms with van der Waals surface area (Å²) in [6, 6.07) is 10.2. The summed E-state index contributed by atoms with van der Waals surface area (Å²) in [7, 11) is 0. The highest BCUT2D eigenvalue weighted by atomic mass is 35.5. The molecule has 2 aromatic rings. The predicted molar refractivity (Wildman–Crippen MR) is 78.4 cm³/mol. The summed E-state index contributed by atoms with van der Waals surface area (Å²) in [4.78, 5) is 0. The summed E-state index contributed by atoms with van der Waals surface area (Å²) in [5.74, 6) is 0. The number of rotatable bonds is 5. The fourth-order valence-corrected chi connectivity index (χ4v) is 2.45. The molecule has 0 radical (unpaired) electrons. The fraction of sp³-hybridized carbons (Fsp3) is 0.231. The van der Waals surface area contributed by atoms with E-state index >= 15 is 0 Å². The molecule has 0 amide bonds. The first kappa shape index (κ1) is 14.5. The fourth-order valence-electron chi connectivity index (χ4n) is 1.55. The van der Waals surface area contributed by atoms with Gasteiger partial charge in [0.2, 0.25) is 0 Å². The van der Waals surface area contributed by atoms with Crippen LogP contribution in [-0.4, -0.2) is 6.54 Å². The Bertz CT molecular complexity index is 429. The molecule has 0 spiro atoms. The molecule has 17 heavy (non-hydrogen) atoms. The third-order valence-electron chi connectivity index (χ3n) is 2.44. The van der Waals surface area contributed by atoms with E-state index < -0.39 is 0 Å². The highest BCUT2D eigenvalue weighted by molar-refractivity contribution is 7.07. The summed E-state index contributed by atoms with van der Waals surface area (Å²) >= 11 is 7.81. The lowest BCUT2D eigenvalue weighted by molar-refractivity contribution is 0.688. The summed E-state index contributed by atoms with van der Waals surface area (Å²) in [6.07, 6.45) is 0.976. The zero-order valence-electron chi connectivity index (χ0n) is 9.36. The predicted octanol–water partition coefficient (Wildman–Crippen LogP) is 4.16. The Kier molecular flexibility index (Phi) is 6.60. The lowest BCUT2D eigenvalue weighted by atomic mass is 10.1. The van der Waals surface area contributed by atoms with E-state index in [1.165, 1.54) is 11.1 Å². The van der Waals surface area contributed by atoms with Gasteiger partial charge >= 0.3 is 0 Å². The smallest absolute Gasteiger partial charge is 0.0438 e. The van der Waals surface area contributed by atoms with Crippen LogP contribution in [0.15, 0.2) is 41.1 Å². The lowest BCUT2D eigenvalue weighted by Crippen LogP contribution is -2.16. The largest absolute Gasteiger partial charge is 0.312 e. The van der Waals surface area contributed by atoms with E-state index in [1.54, 1.807) is 11.3 Å². The first-order valence-corrected chi connectivity index (χ1v) is 6.63. The molecule has 1 heterocycles. The van der Waals surface area contributed by atoms with Crippen molar-refractivity contribution in [2.75, 3.05) is 6.54 Å². The van der Waals surface area contributed by atoms with Gasteiger partial charge < -0.3 is 5.32 Å². The maximum Gasteiger partial charge on any atom is 0.0438 e. The summed E-state index contributed by atoms with van der Waals surface area (Å²) < 4.78 is 0. The van der Waals surface area contributed by atoms with Gasteiger partial charge in [-0.25, -0.2) is 0 Å². The molecule has 0 bridgehead atoms. The Labute approximate surface area is 117 Å². The number of hydrogen-bond donors (Lipinski definition) is 1. The van der Waals surface area contributed by atoms with Crippen molar-refractivity contribution in [3.05, 3.63) is 57.2 Å². The molecule has 2 rings (SSSR count). The average Bonchev–Trinajstić information content (AvgIpc) is 2.79. The van der Waals surface area contributed by atoms with Crippen molar-refractivity contribution < 1.29 is 0 Å². The molecule has 0 unspecified atom stereocenters. The second-order valence-electron chi connectivity index (χ2n) is 3.65. The van der Waals surface area contributed by atoms with Crippen LogP contribution in [0.2, 0.25) is 5.02 Å². The molecule has 4 heteroatoms. The number of thiophene rings is 1. The molecule has 92 valence electrons. The third kappa shape index (κ3) is 4.68. The van der Waals surface area contributed by atoms with Crippen LogP contribution in [-0.2, 0) is 13.0 Å². The van der Waals surface area contributed by atoms with Gasteiger partial charge in [0.05, 0.1) is 0 Å². The number of hydrogen-bond acceptors (Lipinski definition) is 2. The Morgan fingerprint density at radius 3 is 2.71 bits per heavy atom. The molecule has 1 aromatic heterocycles. The summed E-state index contributed by atoms with van der Waals surface area (Å²) in [5.41, 5.74) is 2.56. The van der Waals surface area contributed by atoms with E-state index in [4.69, 9.17) is 11.6 Å². The molecule has 0 saturated carbocycles. The summed E-state index contributed by atoms with van der Waals surface area (Å²) in [6.45, 7) is 1.90. The normalized spacial score (nSPS) is 9.94. The molecule has 0 aliphatic rings. The number of benzene rings is 1. The summed E-state index contributed by atoms with van der Waals surface area (Å²) in [5, 5.41) is 8.54. The first-order chi connectivity index (χ1) is 7.86. The quantitative estimate of drug-likeness (QED) is 0.815. The van der Waals surface area contributed by atoms with Crippen LogP contribution in [0, 0.1) is 0 Å². The topological polar surface area (TPSA) is 12.0 Å². The van der Waals surface area contributed by atoms with Crippen molar-refractivity contribution in [3.8, 4) is 0 Å². The third-order valence-corrected chi connectivity index (χ3v) is 3.54. The minimum atomic E-state index is 0. The number of nitrogens with one attached hydrogen (secondary N) is 1. The molecule has 1 aromatic carbocycles. The van der Waals surface area contributed by atoms with Crippen LogP contribution in [0.4, 0.5) is 0 Å². The maximum absolute atomic E-state index is 6.08. The minimum Gasteiger partial charge on any atom is -0.312 e. The van der Waals surface area contributed by atoms with Gasteiger partial charge in [-0.15, -0.1) is 12.4 Å². The van der Waals surface area contributed by atoms with Gasteiger partial charge in [-0.05, 0) is 47.0 Å². The van der Waals surface area contributed by atoms with E-state index in [2.05, 4.69) is 28.2 Å². The zero-order valence-corrected chi connectivity index (χ0v) is 11.7. The van der Waals surface area contributed by atoms with E-state index in [0.717, 1.165) is 24.5 Å². The van der Waals surface area contributed by atoms with Gasteiger partial charge in [0.15, 0.2) is 0 Å². The molecule has 0 fully saturated rings. The van der Waals surface area contributed by atoms with Crippen molar-refractivity contribution in [2.24, 2.45) is 0 Å². The van der Waals surface area contributed by atoms with Gasteiger partial charge in [0.25, 0.3) is 0 Å². The van der Waals surface area contributed by atoms with Crippen LogP contribution in [0.25, 0.3) is 0 Å². The van der Waals surface area contributed by atoms with Gasteiger partial charge in [0.1, 0.15) is 0 Å². The average molecular weight is 288 g/mol. The Morgan fingerprint density at radius 1 is 1.18 bits per heavy atom. The van der Waals surface area contributed by atoms with Gasteiger partial charge in [-0.3, -0.25) is 0 Å². The van der Waals surface area contributed by atoms with Gasteiger partial charge in [0, 0.05) is 11.6 Å². The van der Waals surface area contributed by atoms with Crippen LogP contribution in [0.5, 0.6) is 0 Å². The molecule has 1 N–H and O–H groups in total. The molecule has 0 aliphatic heterocycles. The molecule has 0 atom stereocenters. The Hall–Kier alpha value is -0.540. The Balaban J connectivity index is 0.00000144. The van der Waals surface area contributed by atoms with Gasteiger partial charge in [-0.1, -0.05) is 29.8 Å². The zero-order chi connectivity index (χ0) is 11.2. The highest BCUT2D eigenvalue weighted by Crippen LogP contribution is 2.14. The van der Waals surface area contributed by atoms with Gasteiger partial charge in [-0.2, -0.15) is 11.3 Å². The van der Waals surface area contributed by atoms with Crippen molar-refractivity contribution in [3.63, 3.8) is 0 Å². The van der Waals surface area contributed by atoms with E-state index in [0.29, 0.717) is 0 Å². The van der Waals surface area contributed by atoms with E-state index in [1.807, 2.05) is 18.2 Å². The number of halogens is 2. The molecule has 0 saturated heterocycles. The molecule has 0 aliphatic carbocycles. The second-order valence-corrected chi connectivity index (χ2v) is 4.84. The first-order valence-electron chi connectivity index (χ1n) is 5.31. The maximum atomic E-state index is 6.08.